The Balaban J connectivity index is 2.33. The molecule has 0 aliphatic rings. The Morgan fingerprint density at radius 1 is 1.15 bits per heavy atom. The number of hydrogen-bond acceptors (Lipinski definition) is 2. The quantitative estimate of drug-likeness (QED) is 0.919. The molecule has 2 rings (SSSR count). The molecule has 0 heterocycles. The van der Waals surface area contributed by atoms with Crippen LogP contribution in [-0.2, 0) is 0 Å². The van der Waals surface area contributed by atoms with E-state index in [-0.39, 0.29) is 5.91 Å². The van der Waals surface area contributed by atoms with Gasteiger partial charge >= 0.3 is 0 Å². The molecule has 1 N–H and O–H groups in total. The summed E-state index contributed by atoms with van der Waals surface area (Å²) in [5.74, 6) is 0.380. The monoisotopic (exact) mass is 289 g/mol. The Morgan fingerprint density at radius 3 is 2.50 bits per heavy atom. The van der Waals surface area contributed by atoms with Crippen molar-refractivity contribution in [3.05, 3.63) is 58.1 Å². The van der Waals surface area contributed by atoms with E-state index in [1.807, 2.05) is 32.0 Å². The number of nitrogens with one attached hydrogen (secondary N) is 1. The van der Waals surface area contributed by atoms with Crippen molar-refractivity contribution in [1.29, 1.82) is 0 Å². The summed E-state index contributed by atoms with van der Waals surface area (Å²) < 4.78 is 5.25. The van der Waals surface area contributed by atoms with Gasteiger partial charge in [-0.3, -0.25) is 4.79 Å². The Morgan fingerprint density at radius 2 is 1.85 bits per heavy atom. The zero-order chi connectivity index (χ0) is 14.7. The summed E-state index contributed by atoms with van der Waals surface area (Å²) in [6.45, 7) is 3.78. The molecular weight excluding hydrogens is 274 g/mol. The summed E-state index contributed by atoms with van der Waals surface area (Å²) in [7, 11) is 1.55. The van der Waals surface area contributed by atoms with Gasteiger partial charge in [-0.05, 0) is 37.1 Å². The number of amides is 1. The minimum atomic E-state index is -0.164. The molecule has 1 amide bonds. The van der Waals surface area contributed by atoms with Crippen LogP contribution in [0.1, 0.15) is 21.5 Å². The predicted octanol–water partition coefficient (Wildman–Crippen LogP) is 4.22. The highest BCUT2D eigenvalue weighted by Crippen LogP contribution is 2.31. The van der Waals surface area contributed by atoms with E-state index in [4.69, 9.17) is 16.3 Å². The molecule has 0 fully saturated rings. The van der Waals surface area contributed by atoms with E-state index in [0.717, 1.165) is 11.1 Å². The number of rotatable bonds is 3. The summed E-state index contributed by atoms with van der Waals surface area (Å²) >= 11 is 6.05. The molecule has 0 spiro atoms. The Kier molecular flexibility index (Phi) is 4.30. The van der Waals surface area contributed by atoms with Crippen molar-refractivity contribution in [2.45, 2.75) is 13.8 Å². The molecule has 0 aromatic heterocycles. The highest BCUT2D eigenvalue weighted by molar-refractivity contribution is 6.31. The standard InChI is InChI=1S/C16H16ClNO2/c1-10-6-4-5-7-12(10)16(19)18-14-8-11(2)13(17)9-15(14)20-3/h4-9H,1-3H3,(H,18,19). The highest BCUT2D eigenvalue weighted by Gasteiger charge is 2.13. The van der Waals surface area contributed by atoms with Crippen molar-refractivity contribution in [1.82, 2.24) is 0 Å². The molecule has 0 saturated heterocycles. The molecule has 0 bridgehead atoms. The number of anilines is 1. The SMILES string of the molecule is COc1cc(Cl)c(C)cc1NC(=O)c1ccccc1C. The predicted molar refractivity (Wildman–Crippen MR) is 81.9 cm³/mol. The van der Waals surface area contributed by atoms with Crippen LogP contribution in [0.4, 0.5) is 5.69 Å². The molecule has 2 aromatic carbocycles. The largest absolute Gasteiger partial charge is 0.495 e. The van der Waals surface area contributed by atoms with Crippen LogP contribution in [0.25, 0.3) is 0 Å². The van der Waals surface area contributed by atoms with Crippen LogP contribution in [0.15, 0.2) is 36.4 Å². The fourth-order valence-electron chi connectivity index (χ4n) is 1.95. The van der Waals surface area contributed by atoms with Gasteiger partial charge in [0, 0.05) is 16.7 Å². The lowest BCUT2D eigenvalue weighted by atomic mass is 10.1. The minimum absolute atomic E-state index is 0.164. The number of aryl methyl sites for hydroxylation is 2. The molecule has 2 aromatic rings. The van der Waals surface area contributed by atoms with Crippen LogP contribution in [0.3, 0.4) is 0 Å². The maximum atomic E-state index is 12.3. The second-order valence-electron chi connectivity index (χ2n) is 4.57. The van der Waals surface area contributed by atoms with Crippen LogP contribution >= 0.6 is 11.6 Å². The van der Waals surface area contributed by atoms with Gasteiger partial charge in [0.1, 0.15) is 5.75 Å². The van der Waals surface area contributed by atoms with Gasteiger partial charge in [0.25, 0.3) is 5.91 Å². The van der Waals surface area contributed by atoms with Crippen LogP contribution in [0.2, 0.25) is 5.02 Å². The Hall–Kier alpha value is -2.00. The summed E-state index contributed by atoms with van der Waals surface area (Å²) in [5.41, 5.74) is 3.06. The minimum Gasteiger partial charge on any atom is -0.495 e. The van der Waals surface area contributed by atoms with Crippen LogP contribution in [-0.4, -0.2) is 13.0 Å². The van der Waals surface area contributed by atoms with Gasteiger partial charge in [0.2, 0.25) is 0 Å². The number of carbonyl (C=O) groups excluding carboxylic acids is 1. The number of ether oxygens (including phenoxy) is 1. The number of methoxy groups -OCH3 is 1. The molecule has 0 aliphatic heterocycles. The summed E-state index contributed by atoms with van der Waals surface area (Å²) in [5, 5.41) is 3.47. The van der Waals surface area contributed by atoms with Gasteiger partial charge < -0.3 is 10.1 Å². The van der Waals surface area contributed by atoms with E-state index < -0.39 is 0 Å². The van der Waals surface area contributed by atoms with E-state index in [1.165, 1.54) is 0 Å². The van der Waals surface area contributed by atoms with Crippen molar-refractivity contribution >= 4 is 23.2 Å². The van der Waals surface area contributed by atoms with Crippen LogP contribution in [0.5, 0.6) is 5.75 Å². The first-order valence-corrected chi connectivity index (χ1v) is 6.62. The first-order valence-electron chi connectivity index (χ1n) is 6.24. The molecule has 4 heteroatoms. The zero-order valence-electron chi connectivity index (χ0n) is 11.7. The maximum absolute atomic E-state index is 12.3. The van der Waals surface area contributed by atoms with Crippen molar-refractivity contribution in [3.63, 3.8) is 0 Å². The van der Waals surface area contributed by atoms with Crippen molar-refractivity contribution in [3.8, 4) is 5.75 Å². The summed E-state index contributed by atoms with van der Waals surface area (Å²) in [4.78, 5) is 12.3. The van der Waals surface area contributed by atoms with E-state index in [2.05, 4.69) is 5.32 Å². The van der Waals surface area contributed by atoms with E-state index in [1.54, 1.807) is 25.3 Å². The molecule has 20 heavy (non-hydrogen) atoms. The molecule has 0 saturated carbocycles. The molecule has 104 valence electrons. The molecule has 0 atom stereocenters. The van der Waals surface area contributed by atoms with E-state index in [0.29, 0.717) is 22.0 Å². The third kappa shape index (κ3) is 2.94. The summed E-state index contributed by atoms with van der Waals surface area (Å²) in [6.07, 6.45) is 0. The second-order valence-corrected chi connectivity index (χ2v) is 4.98. The molecule has 0 unspecified atom stereocenters. The number of carbonyl (C=O) groups is 1. The maximum Gasteiger partial charge on any atom is 0.256 e. The smallest absolute Gasteiger partial charge is 0.256 e. The van der Waals surface area contributed by atoms with Gasteiger partial charge in [-0.2, -0.15) is 0 Å². The van der Waals surface area contributed by atoms with Gasteiger partial charge in [-0.25, -0.2) is 0 Å². The fraction of sp³-hybridized carbons (Fsp3) is 0.188. The number of benzene rings is 2. The first kappa shape index (κ1) is 14.4. The van der Waals surface area contributed by atoms with Crippen LogP contribution < -0.4 is 10.1 Å². The normalized spacial score (nSPS) is 10.2. The third-order valence-electron chi connectivity index (χ3n) is 3.12. The van der Waals surface area contributed by atoms with Gasteiger partial charge in [-0.15, -0.1) is 0 Å². The number of hydrogen-bond donors (Lipinski definition) is 1. The molecular formula is C16H16ClNO2. The highest BCUT2D eigenvalue weighted by atomic mass is 35.5. The fourth-order valence-corrected chi connectivity index (χ4v) is 2.10. The topological polar surface area (TPSA) is 38.3 Å². The molecule has 0 aliphatic carbocycles. The zero-order valence-corrected chi connectivity index (χ0v) is 12.4. The lowest BCUT2D eigenvalue weighted by Gasteiger charge is -2.13. The van der Waals surface area contributed by atoms with E-state index >= 15 is 0 Å². The Labute approximate surface area is 123 Å². The van der Waals surface area contributed by atoms with Gasteiger partial charge in [0.05, 0.1) is 12.8 Å². The second kappa shape index (κ2) is 5.97. The number of halogens is 1. The van der Waals surface area contributed by atoms with Crippen LogP contribution in [0, 0.1) is 13.8 Å². The lowest BCUT2D eigenvalue weighted by molar-refractivity contribution is 0.102. The van der Waals surface area contributed by atoms with Crippen molar-refractivity contribution in [2.24, 2.45) is 0 Å². The average molecular weight is 290 g/mol. The molecule has 0 radical (unpaired) electrons. The van der Waals surface area contributed by atoms with Crippen molar-refractivity contribution in [2.75, 3.05) is 12.4 Å². The molecule has 3 nitrogen and oxygen atoms in total. The Bertz CT molecular complexity index is 653. The first-order chi connectivity index (χ1) is 9.52. The van der Waals surface area contributed by atoms with Gasteiger partial charge in [-0.1, -0.05) is 29.8 Å². The summed E-state index contributed by atoms with van der Waals surface area (Å²) in [6, 6.07) is 10.9. The van der Waals surface area contributed by atoms with E-state index in [9.17, 15) is 4.79 Å². The third-order valence-corrected chi connectivity index (χ3v) is 3.53. The van der Waals surface area contributed by atoms with Crippen molar-refractivity contribution < 1.29 is 9.53 Å². The lowest BCUT2D eigenvalue weighted by Crippen LogP contribution is -2.14. The van der Waals surface area contributed by atoms with Gasteiger partial charge in [0.15, 0.2) is 0 Å². The average Bonchev–Trinajstić information content (AvgIpc) is 2.43.